The first-order valence-corrected chi connectivity index (χ1v) is 10.3. The number of esters is 1. The molecule has 9 heteroatoms. The van der Waals surface area contributed by atoms with E-state index in [1.54, 1.807) is 6.92 Å². The van der Waals surface area contributed by atoms with Gasteiger partial charge in [-0.2, -0.15) is 0 Å². The van der Waals surface area contributed by atoms with Gasteiger partial charge in [0.1, 0.15) is 16.8 Å². The fourth-order valence-electron chi connectivity index (χ4n) is 6.51. The van der Waals surface area contributed by atoms with Crippen LogP contribution in [-0.2, 0) is 23.7 Å². The second kappa shape index (κ2) is 6.05. The molecule has 0 aromatic rings. The summed E-state index contributed by atoms with van der Waals surface area (Å²) in [5.74, 6) is -1.25. The van der Waals surface area contributed by atoms with Crippen LogP contribution in [0.25, 0.3) is 0 Å². The van der Waals surface area contributed by atoms with Crippen LogP contribution < -0.4 is 0 Å². The van der Waals surface area contributed by atoms with Crippen LogP contribution in [0.5, 0.6) is 0 Å². The van der Waals surface area contributed by atoms with Gasteiger partial charge in [-0.15, -0.1) is 0 Å². The first-order valence-electron chi connectivity index (χ1n) is 10.3. The second-order valence-corrected chi connectivity index (χ2v) is 9.46. The van der Waals surface area contributed by atoms with E-state index in [9.17, 15) is 25.2 Å². The average molecular weight is 424 g/mol. The molecule has 2 aliphatic heterocycles. The Labute approximate surface area is 173 Å². The number of rotatable bonds is 4. The van der Waals surface area contributed by atoms with Gasteiger partial charge in [0.25, 0.3) is 0 Å². The van der Waals surface area contributed by atoms with Gasteiger partial charge in [0.05, 0.1) is 43.0 Å². The number of fused-ring (bicyclic) bond motifs is 1. The summed E-state index contributed by atoms with van der Waals surface area (Å²) >= 11 is 0. The maximum atomic E-state index is 12.1. The molecular weight excluding hydrogens is 396 g/mol. The van der Waals surface area contributed by atoms with E-state index < -0.39 is 52.8 Å². The molecule has 5 aliphatic rings. The molecular formula is C21H28O9. The number of carbonyl (C=O) groups excluding carboxylic acids is 1. The molecule has 9 atom stereocenters. The minimum atomic E-state index is -1.61. The Hall–Kier alpha value is -1.49. The zero-order chi connectivity index (χ0) is 21.7. The van der Waals surface area contributed by atoms with E-state index in [-0.39, 0.29) is 12.5 Å². The number of hydrogen-bond acceptors (Lipinski definition) is 9. The lowest BCUT2D eigenvalue weighted by Gasteiger charge is -2.74. The summed E-state index contributed by atoms with van der Waals surface area (Å²) in [6.07, 6.45) is 1.31. The zero-order valence-electron chi connectivity index (χ0n) is 17.2. The summed E-state index contributed by atoms with van der Waals surface area (Å²) in [7, 11) is 1.29. The Bertz CT molecular complexity index is 849. The molecule has 1 saturated heterocycles. The van der Waals surface area contributed by atoms with Crippen LogP contribution in [0.1, 0.15) is 33.1 Å². The van der Waals surface area contributed by atoms with E-state index in [0.717, 1.165) is 0 Å². The molecule has 5 rings (SSSR count). The van der Waals surface area contributed by atoms with E-state index in [1.165, 1.54) is 20.3 Å². The van der Waals surface area contributed by atoms with Gasteiger partial charge in [-0.25, -0.2) is 4.79 Å². The molecule has 0 aromatic carbocycles. The van der Waals surface area contributed by atoms with Crippen molar-refractivity contribution in [2.75, 3.05) is 13.7 Å². The predicted molar refractivity (Wildman–Crippen MR) is 99.3 cm³/mol. The highest BCUT2D eigenvalue weighted by Gasteiger charge is 2.92. The lowest BCUT2D eigenvalue weighted by Crippen LogP contribution is -2.90. The quantitative estimate of drug-likeness (QED) is 0.355. The number of allylic oxidation sites excluding steroid dienone is 1. The Kier molecular flexibility index (Phi) is 4.12. The Morgan fingerprint density at radius 2 is 2.03 bits per heavy atom. The molecule has 30 heavy (non-hydrogen) atoms. The molecule has 9 unspecified atom stereocenters. The maximum absolute atomic E-state index is 12.1. The molecule has 166 valence electrons. The van der Waals surface area contributed by atoms with E-state index >= 15 is 0 Å². The Morgan fingerprint density at radius 1 is 1.30 bits per heavy atom. The standard InChI is InChI=1S/C21H28O9/c1-18-16(24)20(26)6-7-21(18,20)30-17(19(18,2)25)29-15-13-10(8-22)4-5-11(13)12(9-28-15)14(23)27-3/h4,9,11,13,15-17,22,24-26H,5-8H2,1-3H3. The van der Waals surface area contributed by atoms with Crippen molar-refractivity contribution in [2.45, 2.75) is 68.6 Å². The summed E-state index contributed by atoms with van der Waals surface area (Å²) < 4.78 is 22.7. The molecule has 0 bridgehead atoms. The summed E-state index contributed by atoms with van der Waals surface area (Å²) in [5.41, 5.74) is -4.17. The van der Waals surface area contributed by atoms with Gasteiger partial charge < -0.3 is 39.4 Å². The van der Waals surface area contributed by atoms with Crippen molar-refractivity contribution < 1.29 is 44.2 Å². The van der Waals surface area contributed by atoms with Crippen molar-refractivity contribution in [2.24, 2.45) is 17.3 Å². The normalized spacial score (nSPS) is 53.2. The molecule has 0 aromatic heterocycles. The van der Waals surface area contributed by atoms with Gasteiger partial charge in [-0.3, -0.25) is 0 Å². The lowest BCUT2D eigenvalue weighted by atomic mass is 9.35. The summed E-state index contributed by atoms with van der Waals surface area (Å²) in [5, 5.41) is 42.6. The molecule has 3 fully saturated rings. The molecule has 2 saturated carbocycles. The van der Waals surface area contributed by atoms with E-state index in [2.05, 4.69) is 0 Å². The topological polar surface area (TPSA) is 135 Å². The third kappa shape index (κ3) is 1.97. The highest BCUT2D eigenvalue weighted by atomic mass is 16.8. The SMILES string of the molecule is COC(=O)C1=COC(OC2OC34CCC3(O)C(O)C4(C)C2(C)O)C2C(CO)=CCC12. The van der Waals surface area contributed by atoms with Gasteiger partial charge in [0.2, 0.25) is 6.29 Å². The largest absolute Gasteiger partial charge is 0.471 e. The number of methoxy groups -OCH3 is 1. The van der Waals surface area contributed by atoms with Crippen molar-refractivity contribution in [3.63, 3.8) is 0 Å². The number of aliphatic hydroxyl groups is 4. The van der Waals surface area contributed by atoms with Crippen molar-refractivity contribution in [1.29, 1.82) is 0 Å². The highest BCUT2D eigenvalue weighted by molar-refractivity contribution is 5.89. The Morgan fingerprint density at radius 3 is 2.60 bits per heavy atom. The highest BCUT2D eigenvalue weighted by Crippen LogP contribution is 2.77. The molecule has 4 N–H and O–H groups in total. The third-order valence-electron chi connectivity index (χ3n) is 8.59. The van der Waals surface area contributed by atoms with Crippen LogP contribution in [0.15, 0.2) is 23.5 Å². The minimum Gasteiger partial charge on any atom is -0.471 e. The number of aliphatic hydroxyl groups excluding tert-OH is 2. The van der Waals surface area contributed by atoms with Gasteiger partial charge in [0, 0.05) is 5.92 Å². The molecule has 3 aliphatic carbocycles. The number of hydrogen-bond donors (Lipinski definition) is 4. The Balaban J connectivity index is 1.44. The van der Waals surface area contributed by atoms with Crippen molar-refractivity contribution in [3.05, 3.63) is 23.5 Å². The minimum absolute atomic E-state index is 0.221. The lowest BCUT2D eigenvalue weighted by molar-refractivity contribution is -0.414. The van der Waals surface area contributed by atoms with Gasteiger partial charge >= 0.3 is 5.97 Å². The molecule has 1 spiro atoms. The van der Waals surface area contributed by atoms with Crippen LogP contribution in [0.3, 0.4) is 0 Å². The molecule has 2 heterocycles. The molecule has 9 nitrogen and oxygen atoms in total. The fraction of sp³-hybridized carbons (Fsp3) is 0.762. The van der Waals surface area contributed by atoms with Crippen LogP contribution in [0.4, 0.5) is 0 Å². The van der Waals surface area contributed by atoms with Gasteiger partial charge in [-0.1, -0.05) is 13.0 Å². The first kappa shape index (κ1) is 20.4. The summed E-state index contributed by atoms with van der Waals surface area (Å²) in [6.45, 7) is 3.00. The van der Waals surface area contributed by atoms with Gasteiger partial charge in [0.15, 0.2) is 6.29 Å². The maximum Gasteiger partial charge on any atom is 0.337 e. The van der Waals surface area contributed by atoms with Crippen molar-refractivity contribution >= 4 is 5.97 Å². The number of ether oxygens (including phenoxy) is 4. The van der Waals surface area contributed by atoms with E-state index in [4.69, 9.17) is 18.9 Å². The zero-order valence-corrected chi connectivity index (χ0v) is 17.2. The predicted octanol–water partition coefficient (Wildman–Crippen LogP) is -0.277. The van der Waals surface area contributed by atoms with Crippen molar-refractivity contribution in [3.8, 4) is 0 Å². The first-order chi connectivity index (χ1) is 14.1. The summed E-state index contributed by atoms with van der Waals surface area (Å²) in [6, 6.07) is 0. The second-order valence-electron chi connectivity index (χ2n) is 9.46. The van der Waals surface area contributed by atoms with E-state index in [1.807, 2.05) is 6.08 Å². The monoisotopic (exact) mass is 424 g/mol. The van der Waals surface area contributed by atoms with Crippen LogP contribution >= 0.6 is 0 Å². The number of carbonyl (C=O) groups is 1. The van der Waals surface area contributed by atoms with Crippen LogP contribution in [-0.4, -0.2) is 75.6 Å². The summed E-state index contributed by atoms with van der Waals surface area (Å²) in [4.78, 5) is 12.1. The molecule has 0 radical (unpaired) electrons. The van der Waals surface area contributed by atoms with Gasteiger partial charge in [-0.05, 0) is 31.8 Å². The fourth-order valence-corrected chi connectivity index (χ4v) is 6.51. The third-order valence-corrected chi connectivity index (χ3v) is 8.59. The van der Waals surface area contributed by atoms with E-state index in [0.29, 0.717) is 30.4 Å². The average Bonchev–Trinajstić information content (AvgIpc) is 3.23. The van der Waals surface area contributed by atoms with Crippen LogP contribution in [0, 0.1) is 17.3 Å². The van der Waals surface area contributed by atoms with Crippen LogP contribution in [0.2, 0.25) is 0 Å². The molecule has 0 amide bonds. The smallest absolute Gasteiger partial charge is 0.337 e. The van der Waals surface area contributed by atoms with Crippen molar-refractivity contribution in [1.82, 2.24) is 0 Å².